The molecule has 0 aliphatic heterocycles. The summed E-state index contributed by atoms with van der Waals surface area (Å²) in [5.41, 5.74) is 0.941. The first-order valence-corrected chi connectivity index (χ1v) is 7.43. The number of amides is 1. The lowest BCUT2D eigenvalue weighted by atomic mass is 9.99. The van der Waals surface area contributed by atoms with Crippen LogP contribution < -0.4 is 5.32 Å². The van der Waals surface area contributed by atoms with Crippen LogP contribution in [0.5, 0.6) is 0 Å². The highest BCUT2D eigenvalue weighted by Gasteiger charge is 2.28. The Morgan fingerprint density at radius 1 is 1.30 bits per heavy atom. The van der Waals surface area contributed by atoms with E-state index in [1.54, 1.807) is 0 Å². The lowest BCUT2D eigenvalue weighted by Crippen LogP contribution is -2.45. The van der Waals surface area contributed by atoms with Crippen LogP contribution in [0.4, 0.5) is 0 Å². The minimum absolute atomic E-state index is 0.0458. The van der Waals surface area contributed by atoms with E-state index in [4.69, 9.17) is 4.74 Å². The van der Waals surface area contributed by atoms with Gasteiger partial charge >= 0.3 is 5.97 Å². The molecular weight excluding hydrogens is 296 g/mol. The van der Waals surface area contributed by atoms with Gasteiger partial charge in [-0.15, -0.1) is 5.10 Å². The van der Waals surface area contributed by atoms with Gasteiger partial charge in [-0.2, -0.15) is 0 Å². The quantitative estimate of drug-likeness (QED) is 0.818. The van der Waals surface area contributed by atoms with Crippen LogP contribution in [0.1, 0.15) is 30.8 Å². The van der Waals surface area contributed by atoms with Crippen molar-refractivity contribution in [2.45, 2.75) is 26.3 Å². The molecule has 0 saturated heterocycles. The number of nitrogens with one attached hydrogen (secondary N) is 1. The van der Waals surface area contributed by atoms with Gasteiger partial charge in [0.15, 0.2) is 5.69 Å². The highest BCUT2D eigenvalue weighted by atomic mass is 16.5. The maximum Gasteiger partial charge on any atom is 0.328 e. The molecule has 0 spiro atoms. The molecule has 2 atom stereocenters. The van der Waals surface area contributed by atoms with E-state index in [2.05, 4.69) is 15.6 Å². The van der Waals surface area contributed by atoms with Gasteiger partial charge in [-0.3, -0.25) is 4.79 Å². The zero-order valence-electron chi connectivity index (χ0n) is 13.4. The first-order valence-electron chi connectivity index (χ1n) is 7.43. The number of para-hydroxylation sites is 1. The Labute approximate surface area is 134 Å². The summed E-state index contributed by atoms with van der Waals surface area (Å²) < 4.78 is 6.26. The molecule has 0 radical (unpaired) electrons. The maximum atomic E-state index is 12.3. The zero-order valence-corrected chi connectivity index (χ0v) is 13.4. The van der Waals surface area contributed by atoms with Crippen LogP contribution in [0, 0.1) is 5.92 Å². The Balaban J connectivity index is 2.14. The standard InChI is InChI=1S/C16H20N4O3/c1-4-11(2)14(16(22)23-3)17-15(21)13-10-20(19-18-13)12-8-6-5-7-9-12/h5-11,14H,4H2,1-3H3,(H,17,21). The van der Waals surface area contributed by atoms with Crippen LogP contribution in [-0.4, -0.2) is 40.0 Å². The molecule has 1 heterocycles. The van der Waals surface area contributed by atoms with Gasteiger partial charge in [0, 0.05) is 0 Å². The molecule has 2 aromatic rings. The highest BCUT2D eigenvalue weighted by molar-refractivity contribution is 5.95. The molecule has 1 aromatic heterocycles. The summed E-state index contributed by atoms with van der Waals surface area (Å²) in [6.07, 6.45) is 2.26. The van der Waals surface area contributed by atoms with E-state index in [1.807, 2.05) is 44.2 Å². The van der Waals surface area contributed by atoms with Gasteiger partial charge in [-0.05, 0) is 18.1 Å². The lowest BCUT2D eigenvalue weighted by molar-refractivity contribution is -0.144. The van der Waals surface area contributed by atoms with Crippen LogP contribution in [0.3, 0.4) is 0 Å². The summed E-state index contributed by atoms with van der Waals surface area (Å²) in [5, 5.41) is 10.5. The number of hydrogen-bond donors (Lipinski definition) is 1. The molecule has 0 saturated carbocycles. The molecule has 7 heteroatoms. The van der Waals surface area contributed by atoms with Gasteiger partial charge in [-0.25, -0.2) is 9.48 Å². The van der Waals surface area contributed by atoms with Gasteiger partial charge in [0.05, 0.1) is 19.0 Å². The molecule has 2 unspecified atom stereocenters. The number of ether oxygens (including phenoxy) is 1. The zero-order chi connectivity index (χ0) is 16.8. The molecule has 7 nitrogen and oxygen atoms in total. The summed E-state index contributed by atoms with van der Waals surface area (Å²) in [6.45, 7) is 3.82. The molecule has 0 aliphatic rings. The van der Waals surface area contributed by atoms with Gasteiger partial charge in [-0.1, -0.05) is 43.7 Å². The molecule has 0 aliphatic carbocycles. The highest BCUT2D eigenvalue weighted by Crippen LogP contribution is 2.11. The Morgan fingerprint density at radius 3 is 2.61 bits per heavy atom. The fraction of sp³-hybridized carbons (Fsp3) is 0.375. The minimum Gasteiger partial charge on any atom is -0.467 e. The first kappa shape index (κ1) is 16.7. The molecule has 122 valence electrons. The average molecular weight is 316 g/mol. The van der Waals surface area contributed by atoms with E-state index < -0.39 is 17.9 Å². The largest absolute Gasteiger partial charge is 0.467 e. The van der Waals surface area contributed by atoms with Crippen molar-refractivity contribution in [2.75, 3.05) is 7.11 Å². The first-order chi connectivity index (χ1) is 11.1. The summed E-state index contributed by atoms with van der Waals surface area (Å²) in [7, 11) is 1.30. The van der Waals surface area contributed by atoms with Gasteiger partial charge in [0.2, 0.25) is 0 Å². The second-order valence-corrected chi connectivity index (χ2v) is 5.24. The molecule has 2 rings (SSSR count). The minimum atomic E-state index is -0.709. The molecule has 0 fully saturated rings. The van der Waals surface area contributed by atoms with Crippen molar-refractivity contribution < 1.29 is 14.3 Å². The molecule has 1 amide bonds. The molecular formula is C16H20N4O3. The Morgan fingerprint density at radius 2 is 2.00 bits per heavy atom. The van der Waals surface area contributed by atoms with Crippen molar-refractivity contribution in [3.63, 3.8) is 0 Å². The van der Waals surface area contributed by atoms with Crippen LogP contribution in [0.2, 0.25) is 0 Å². The van der Waals surface area contributed by atoms with E-state index in [9.17, 15) is 9.59 Å². The topological polar surface area (TPSA) is 86.1 Å². The molecule has 0 bridgehead atoms. The number of carbonyl (C=O) groups is 2. The normalized spacial score (nSPS) is 13.2. The van der Waals surface area contributed by atoms with Crippen molar-refractivity contribution in [3.05, 3.63) is 42.2 Å². The Bertz CT molecular complexity index is 669. The summed E-state index contributed by atoms with van der Waals surface area (Å²) >= 11 is 0. The number of methoxy groups -OCH3 is 1. The van der Waals surface area contributed by atoms with Crippen LogP contribution >= 0.6 is 0 Å². The SMILES string of the molecule is CCC(C)C(NC(=O)c1cn(-c2ccccc2)nn1)C(=O)OC. The van der Waals surface area contributed by atoms with Crippen molar-refractivity contribution >= 4 is 11.9 Å². The third-order valence-corrected chi connectivity index (χ3v) is 3.70. The third-order valence-electron chi connectivity index (χ3n) is 3.70. The fourth-order valence-electron chi connectivity index (χ4n) is 2.09. The lowest BCUT2D eigenvalue weighted by Gasteiger charge is -2.21. The predicted molar refractivity (Wildman–Crippen MR) is 84.1 cm³/mol. The van der Waals surface area contributed by atoms with Crippen LogP contribution in [-0.2, 0) is 9.53 Å². The van der Waals surface area contributed by atoms with Gasteiger partial charge in [0.1, 0.15) is 6.04 Å². The second kappa shape index (κ2) is 7.53. The van der Waals surface area contributed by atoms with E-state index in [-0.39, 0.29) is 11.6 Å². The number of hydrogen-bond acceptors (Lipinski definition) is 5. The molecule has 23 heavy (non-hydrogen) atoms. The van der Waals surface area contributed by atoms with E-state index in [1.165, 1.54) is 18.0 Å². The van der Waals surface area contributed by atoms with Crippen molar-refractivity contribution in [2.24, 2.45) is 5.92 Å². The number of carbonyl (C=O) groups excluding carboxylic acids is 2. The maximum absolute atomic E-state index is 12.3. The van der Waals surface area contributed by atoms with Crippen molar-refractivity contribution in [1.82, 2.24) is 20.3 Å². The number of benzene rings is 1. The monoisotopic (exact) mass is 316 g/mol. The number of esters is 1. The third kappa shape index (κ3) is 3.94. The van der Waals surface area contributed by atoms with Crippen molar-refractivity contribution in [3.8, 4) is 5.69 Å². The van der Waals surface area contributed by atoms with E-state index in [0.717, 1.165) is 12.1 Å². The fourth-order valence-corrected chi connectivity index (χ4v) is 2.09. The van der Waals surface area contributed by atoms with Gasteiger partial charge < -0.3 is 10.1 Å². The van der Waals surface area contributed by atoms with E-state index in [0.29, 0.717) is 0 Å². The van der Waals surface area contributed by atoms with Gasteiger partial charge in [0.25, 0.3) is 5.91 Å². The van der Waals surface area contributed by atoms with Crippen molar-refractivity contribution in [1.29, 1.82) is 0 Å². The van der Waals surface area contributed by atoms with Crippen LogP contribution in [0.25, 0.3) is 5.69 Å². The molecule has 1 N–H and O–H groups in total. The Kier molecular flexibility index (Phi) is 5.46. The second-order valence-electron chi connectivity index (χ2n) is 5.24. The Hall–Kier alpha value is -2.70. The summed E-state index contributed by atoms with van der Waals surface area (Å²) in [6, 6.07) is 8.63. The summed E-state index contributed by atoms with van der Waals surface area (Å²) in [5.74, 6) is -0.971. The predicted octanol–water partition coefficient (Wildman–Crippen LogP) is 1.58. The number of nitrogens with zero attached hydrogens (tertiary/aromatic N) is 3. The van der Waals surface area contributed by atoms with Crippen LogP contribution in [0.15, 0.2) is 36.5 Å². The smallest absolute Gasteiger partial charge is 0.328 e. The molecule has 1 aromatic carbocycles. The van der Waals surface area contributed by atoms with E-state index >= 15 is 0 Å². The number of rotatable bonds is 6. The number of aromatic nitrogens is 3. The average Bonchev–Trinajstić information content (AvgIpc) is 3.09. The summed E-state index contributed by atoms with van der Waals surface area (Å²) in [4.78, 5) is 24.1.